The molecule has 5 heteroatoms. The van der Waals surface area contributed by atoms with Crippen LogP contribution in [0.3, 0.4) is 0 Å². The molecule has 0 rings (SSSR count). The molecule has 0 aromatic carbocycles. The fourth-order valence-corrected chi connectivity index (χ4v) is 3.11. The normalized spacial score (nSPS) is 12.8. The molecule has 1 amide bonds. The molecule has 2 N–H and O–H groups in total. The fourth-order valence-electron chi connectivity index (χ4n) is 3.11. The number of aliphatic carboxylic acids is 1. The first-order valence-corrected chi connectivity index (χ1v) is 10.6. The topological polar surface area (TPSA) is 66.4 Å². The number of likely N-dealkylation sites (N-methyl/N-ethyl adjacent to an activating group) is 1. The van der Waals surface area contributed by atoms with Crippen LogP contribution in [0, 0.1) is 0 Å². The van der Waals surface area contributed by atoms with Gasteiger partial charge >= 0.3 is 5.97 Å². The highest BCUT2D eigenvalue weighted by molar-refractivity contribution is 5.82. The van der Waals surface area contributed by atoms with Crippen LogP contribution in [-0.2, 0) is 9.59 Å². The zero-order valence-electron chi connectivity index (χ0n) is 17.7. The highest BCUT2D eigenvalue weighted by atomic mass is 16.4. The minimum absolute atomic E-state index is 0.159. The Morgan fingerprint density at radius 2 is 1.15 bits per heavy atom. The van der Waals surface area contributed by atoms with Crippen LogP contribution in [0.4, 0.5) is 0 Å². The largest absolute Gasteiger partial charge is 0.475 e. The van der Waals surface area contributed by atoms with E-state index in [1.165, 1.54) is 70.6 Å². The van der Waals surface area contributed by atoms with E-state index < -0.39 is 12.1 Å². The van der Waals surface area contributed by atoms with Crippen molar-refractivity contribution in [3.8, 4) is 0 Å². The van der Waals surface area contributed by atoms with Crippen molar-refractivity contribution in [1.29, 1.82) is 0 Å². The number of rotatable bonds is 17. The predicted molar refractivity (Wildman–Crippen MR) is 108 cm³/mol. The van der Waals surface area contributed by atoms with Crippen molar-refractivity contribution in [2.75, 3.05) is 21.1 Å². The maximum atomic E-state index is 11.9. The Kier molecular flexibility index (Phi) is 14.4. The third-order valence-electron chi connectivity index (χ3n) is 4.81. The number of carboxylic acid groups (broad SMARTS) is 1. The molecule has 0 saturated heterocycles. The zero-order valence-corrected chi connectivity index (χ0v) is 17.7. The number of unbranched alkanes of at least 4 members (excludes halogenated alkanes) is 12. The van der Waals surface area contributed by atoms with Gasteiger partial charge in [0, 0.05) is 6.42 Å². The molecule has 0 aromatic heterocycles. The van der Waals surface area contributed by atoms with Crippen LogP contribution >= 0.6 is 0 Å². The van der Waals surface area contributed by atoms with Gasteiger partial charge in [-0.25, -0.2) is 4.79 Å². The average molecular weight is 372 g/mol. The van der Waals surface area contributed by atoms with Crippen molar-refractivity contribution in [3.05, 3.63) is 0 Å². The summed E-state index contributed by atoms with van der Waals surface area (Å²) in [6.07, 6.45) is 16.1. The van der Waals surface area contributed by atoms with Gasteiger partial charge < -0.3 is 9.59 Å². The number of carboxylic acids is 1. The van der Waals surface area contributed by atoms with Crippen LogP contribution in [0.15, 0.2) is 0 Å². The van der Waals surface area contributed by atoms with Gasteiger partial charge in [-0.1, -0.05) is 84.0 Å². The number of amides is 1. The van der Waals surface area contributed by atoms with Gasteiger partial charge in [0.1, 0.15) is 0 Å². The molecule has 5 nitrogen and oxygen atoms in total. The summed E-state index contributed by atoms with van der Waals surface area (Å²) in [7, 11) is 5.30. The van der Waals surface area contributed by atoms with Gasteiger partial charge in [-0.2, -0.15) is 0 Å². The first-order chi connectivity index (χ1) is 12.3. The highest BCUT2D eigenvalue weighted by Crippen LogP contribution is 2.13. The summed E-state index contributed by atoms with van der Waals surface area (Å²) in [6, 6.07) is 0. The lowest BCUT2D eigenvalue weighted by atomic mass is 10.0. The van der Waals surface area contributed by atoms with E-state index >= 15 is 0 Å². The number of quaternary nitrogens is 1. The van der Waals surface area contributed by atoms with E-state index in [2.05, 4.69) is 12.2 Å². The monoisotopic (exact) mass is 371 g/mol. The Hall–Kier alpha value is -1.10. The summed E-state index contributed by atoms with van der Waals surface area (Å²) in [4.78, 5) is 23.2. The van der Waals surface area contributed by atoms with Gasteiger partial charge in [-0.15, -0.1) is 0 Å². The summed E-state index contributed by atoms with van der Waals surface area (Å²) < 4.78 is 0.180. The summed E-state index contributed by atoms with van der Waals surface area (Å²) >= 11 is 0. The lowest BCUT2D eigenvalue weighted by molar-refractivity contribution is -0.889. The van der Waals surface area contributed by atoms with Crippen LogP contribution in [0.1, 0.15) is 96.8 Å². The summed E-state index contributed by atoms with van der Waals surface area (Å²) in [5, 5.41) is 11.8. The molecule has 0 aliphatic heterocycles. The number of hydrogen-bond donors (Lipinski definition) is 2. The Bertz CT molecular complexity index is 378. The number of hydrogen-bond acceptors (Lipinski definition) is 2. The highest BCUT2D eigenvalue weighted by Gasteiger charge is 2.32. The molecule has 0 saturated carbocycles. The zero-order chi connectivity index (χ0) is 19.8. The molecule has 154 valence electrons. The van der Waals surface area contributed by atoms with Gasteiger partial charge in [0.2, 0.25) is 5.91 Å². The first-order valence-electron chi connectivity index (χ1n) is 10.6. The molecule has 0 spiro atoms. The number of nitrogens with one attached hydrogen (secondary N) is 1. The summed E-state index contributed by atoms with van der Waals surface area (Å²) in [5.41, 5.74) is 0. The van der Waals surface area contributed by atoms with Crippen molar-refractivity contribution in [3.63, 3.8) is 0 Å². The number of carbonyl (C=O) groups excluding carboxylic acids is 1. The smallest absolute Gasteiger partial charge is 0.385 e. The van der Waals surface area contributed by atoms with E-state index in [4.69, 9.17) is 0 Å². The second kappa shape index (κ2) is 15.0. The first kappa shape index (κ1) is 24.9. The minimum atomic E-state index is -0.990. The third kappa shape index (κ3) is 14.1. The van der Waals surface area contributed by atoms with Crippen molar-refractivity contribution in [1.82, 2.24) is 5.32 Å². The van der Waals surface area contributed by atoms with Crippen molar-refractivity contribution >= 4 is 11.9 Å². The molecule has 0 bridgehead atoms. The molecule has 0 aliphatic rings. The Morgan fingerprint density at radius 3 is 1.50 bits per heavy atom. The van der Waals surface area contributed by atoms with E-state index in [1.807, 2.05) is 0 Å². The third-order valence-corrected chi connectivity index (χ3v) is 4.81. The van der Waals surface area contributed by atoms with Crippen LogP contribution < -0.4 is 5.32 Å². The van der Waals surface area contributed by atoms with Crippen LogP contribution in [0.25, 0.3) is 0 Å². The molecule has 0 fully saturated rings. The van der Waals surface area contributed by atoms with Crippen LogP contribution in [0.2, 0.25) is 0 Å². The van der Waals surface area contributed by atoms with Crippen LogP contribution in [0.5, 0.6) is 0 Å². The van der Waals surface area contributed by atoms with Gasteiger partial charge in [-0.3, -0.25) is 10.1 Å². The quantitative estimate of drug-likeness (QED) is 0.221. The van der Waals surface area contributed by atoms with Gasteiger partial charge in [0.25, 0.3) is 6.17 Å². The van der Waals surface area contributed by atoms with Gasteiger partial charge in [-0.05, 0) is 6.42 Å². The summed E-state index contributed by atoms with van der Waals surface area (Å²) in [5.74, 6) is -1.15. The van der Waals surface area contributed by atoms with Gasteiger partial charge in [0.05, 0.1) is 21.1 Å². The molecular formula is C21H43N2O3+. The lowest BCUT2D eigenvalue weighted by Crippen LogP contribution is -2.59. The average Bonchev–Trinajstić information content (AvgIpc) is 2.55. The number of nitrogens with zero attached hydrogens (tertiary/aromatic N) is 1. The van der Waals surface area contributed by atoms with E-state index in [0.29, 0.717) is 6.42 Å². The lowest BCUT2D eigenvalue weighted by Gasteiger charge is -2.31. The van der Waals surface area contributed by atoms with E-state index in [-0.39, 0.29) is 10.4 Å². The molecular weight excluding hydrogens is 328 g/mol. The van der Waals surface area contributed by atoms with Crippen molar-refractivity contribution in [2.45, 2.75) is 103 Å². The molecule has 26 heavy (non-hydrogen) atoms. The predicted octanol–water partition coefficient (Wildman–Crippen LogP) is 4.70. The summed E-state index contributed by atoms with van der Waals surface area (Å²) in [6.45, 7) is 2.25. The Balaban J connectivity index is 3.52. The SMILES string of the molecule is CCCCCCCCCCCCCCCC(=O)NC(C(=O)O)[N+](C)(C)C. The maximum Gasteiger partial charge on any atom is 0.385 e. The van der Waals surface area contributed by atoms with E-state index in [9.17, 15) is 14.7 Å². The standard InChI is InChI=1S/C21H42N2O3/c1-5-6-7-8-9-10-11-12-13-14-15-16-17-18-19(24)22-20(21(25)26)23(2,3)4/h20H,5-18H2,1-4H3,(H-,22,24,25,26)/p+1. The number of carbonyl (C=O) groups is 2. The molecule has 0 radical (unpaired) electrons. The second-order valence-corrected chi connectivity index (χ2v) is 8.42. The molecule has 0 aromatic rings. The molecule has 0 heterocycles. The molecule has 1 atom stereocenters. The minimum Gasteiger partial charge on any atom is -0.475 e. The van der Waals surface area contributed by atoms with E-state index in [1.54, 1.807) is 21.1 Å². The Morgan fingerprint density at radius 1 is 0.769 bits per heavy atom. The van der Waals surface area contributed by atoms with E-state index in [0.717, 1.165) is 12.8 Å². The fraction of sp³-hybridized carbons (Fsp3) is 0.905. The van der Waals surface area contributed by atoms with Crippen molar-refractivity contribution in [2.24, 2.45) is 0 Å². The molecule has 0 aliphatic carbocycles. The maximum absolute atomic E-state index is 11.9. The molecule has 1 unspecified atom stereocenters. The Labute approximate surface area is 161 Å². The van der Waals surface area contributed by atoms with Crippen molar-refractivity contribution < 1.29 is 19.2 Å². The second-order valence-electron chi connectivity index (χ2n) is 8.42. The van der Waals surface area contributed by atoms with Gasteiger partial charge in [0.15, 0.2) is 0 Å². The van der Waals surface area contributed by atoms with Crippen LogP contribution in [-0.4, -0.2) is 48.8 Å².